The summed E-state index contributed by atoms with van der Waals surface area (Å²) in [5.41, 5.74) is 2.27. The minimum absolute atomic E-state index is 0.0158. The second-order valence-corrected chi connectivity index (χ2v) is 11.5. The predicted octanol–water partition coefficient (Wildman–Crippen LogP) is 3.28. The summed E-state index contributed by atoms with van der Waals surface area (Å²) in [6.45, 7) is -0.200. The second kappa shape index (κ2) is 13.8. The van der Waals surface area contributed by atoms with Gasteiger partial charge in [0.1, 0.15) is 24.2 Å². The summed E-state index contributed by atoms with van der Waals surface area (Å²) in [4.78, 5) is 41.4. The van der Waals surface area contributed by atoms with E-state index in [1.54, 1.807) is 43.5 Å². The molecule has 4 aromatic rings. The minimum atomic E-state index is -1.32. The number of para-hydroxylation sites is 1. The van der Waals surface area contributed by atoms with Crippen molar-refractivity contribution >= 4 is 29.1 Å². The van der Waals surface area contributed by atoms with Crippen LogP contribution in [0.1, 0.15) is 38.0 Å². The number of rotatable bonds is 12. The number of hydrogen-bond donors (Lipinski definition) is 3. The zero-order valence-corrected chi connectivity index (χ0v) is 26.7. The van der Waals surface area contributed by atoms with E-state index in [9.17, 15) is 24.6 Å². The Balaban J connectivity index is 1.45. The first-order valence-corrected chi connectivity index (χ1v) is 15.4. The summed E-state index contributed by atoms with van der Waals surface area (Å²) < 4.78 is 28.7. The van der Waals surface area contributed by atoms with Crippen LogP contribution in [-0.4, -0.2) is 92.5 Å². The highest BCUT2D eigenvalue weighted by Gasteiger charge is 2.51. The van der Waals surface area contributed by atoms with E-state index in [2.05, 4.69) is 5.32 Å². The molecule has 250 valence electrons. The second-order valence-electron chi connectivity index (χ2n) is 11.5. The molecule has 12 nitrogen and oxygen atoms in total. The third-order valence-corrected chi connectivity index (χ3v) is 8.75. The van der Waals surface area contributed by atoms with Gasteiger partial charge >= 0.3 is 0 Å². The first kappa shape index (κ1) is 32.6. The van der Waals surface area contributed by atoms with E-state index in [1.807, 2.05) is 24.3 Å². The maximum Gasteiger partial charge on any atom is 0.290 e. The highest BCUT2D eigenvalue weighted by atomic mass is 16.5. The van der Waals surface area contributed by atoms with E-state index in [4.69, 9.17) is 23.4 Å². The van der Waals surface area contributed by atoms with Gasteiger partial charge in [0, 0.05) is 35.2 Å². The molecule has 48 heavy (non-hydrogen) atoms. The summed E-state index contributed by atoms with van der Waals surface area (Å²) in [6.07, 6.45) is 0.248. The maximum absolute atomic E-state index is 14.4. The van der Waals surface area contributed by atoms with E-state index in [-0.39, 0.29) is 42.5 Å². The third kappa shape index (κ3) is 5.96. The van der Waals surface area contributed by atoms with E-state index >= 15 is 0 Å². The minimum Gasteiger partial charge on any atom is -0.497 e. The van der Waals surface area contributed by atoms with Crippen LogP contribution in [-0.2, 0) is 11.2 Å². The fraction of sp³-hybridized carbons (Fsp3) is 0.306. The molecule has 0 radical (unpaired) electrons. The number of fused-ring (bicyclic) bond motifs is 4. The molecule has 12 heteroatoms. The summed E-state index contributed by atoms with van der Waals surface area (Å²) in [5.74, 6) is -0.163. The van der Waals surface area contributed by atoms with Gasteiger partial charge in [-0.25, -0.2) is 0 Å². The molecule has 0 saturated carbocycles. The highest BCUT2D eigenvalue weighted by molar-refractivity contribution is 5.99. The van der Waals surface area contributed by atoms with Crippen LogP contribution in [0.4, 0.5) is 0 Å². The number of aldehydes is 1. The van der Waals surface area contributed by atoms with Crippen molar-refractivity contribution in [2.75, 3.05) is 41.0 Å². The van der Waals surface area contributed by atoms with E-state index in [0.717, 1.165) is 5.56 Å². The molecule has 0 bridgehead atoms. The molecule has 0 unspecified atom stereocenters. The van der Waals surface area contributed by atoms with Gasteiger partial charge in [-0.15, -0.1) is 0 Å². The first-order valence-electron chi connectivity index (χ1n) is 15.4. The highest BCUT2D eigenvalue weighted by Crippen LogP contribution is 2.51. The molecule has 1 aliphatic heterocycles. The number of carbonyl (C=O) groups is 3. The Labute approximate surface area is 276 Å². The number of hydrogen-bond acceptors (Lipinski definition) is 10. The van der Waals surface area contributed by atoms with Crippen molar-refractivity contribution in [2.24, 2.45) is 0 Å². The fourth-order valence-electron chi connectivity index (χ4n) is 6.47. The number of amides is 2. The SMILES string of the molecule is COc1cccc(CCN(C(=O)c2cc3cccc(OC)c3o2)[C@@H]2C=C(C(=O)NCCO)[C@@H]3c4cc(C=O)cc(OC)c4O[C@@H]3[C@H]2O)c1. The molecule has 1 aliphatic carbocycles. The molecule has 2 amide bonds. The topological polar surface area (TPSA) is 157 Å². The molecule has 3 N–H and O–H groups in total. The van der Waals surface area contributed by atoms with Crippen molar-refractivity contribution in [3.8, 4) is 23.0 Å². The number of nitrogens with one attached hydrogen (secondary N) is 1. The normalized spacial score (nSPS) is 19.4. The molecule has 0 fully saturated rings. The van der Waals surface area contributed by atoms with Crippen LogP contribution in [0.3, 0.4) is 0 Å². The van der Waals surface area contributed by atoms with E-state index < -0.39 is 36.0 Å². The number of aliphatic hydroxyl groups is 2. The van der Waals surface area contributed by atoms with Gasteiger partial charge in [-0.2, -0.15) is 0 Å². The molecule has 2 heterocycles. The molecule has 1 aromatic heterocycles. The van der Waals surface area contributed by atoms with Gasteiger partial charge in [-0.05, 0) is 54.5 Å². The van der Waals surface area contributed by atoms with E-state index in [0.29, 0.717) is 46.3 Å². The van der Waals surface area contributed by atoms with Gasteiger partial charge < -0.3 is 43.8 Å². The lowest BCUT2D eigenvalue weighted by atomic mass is 9.77. The monoisotopic (exact) mass is 656 g/mol. The van der Waals surface area contributed by atoms with Crippen LogP contribution >= 0.6 is 0 Å². The third-order valence-electron chi connectivity index (χ3n) is 8.75. The Kier molecular flexibility index (Phi) is 9.37. The maximum atomic E-state index is 14.4. The fourth-order valence-corrected chi connectivity index (χ4v) is 6.47. The Bertz CT molecular complexity index is 1880. The number of methoxy groups -OCH3 is 3. The van der Waals surface area contributed by atoms with Gasteiger partial charge in [-0.3, -0.25) is 14.4 Å². The summed E-state index contributed by atoms with van der Waals surface area (Å²) >= 11 is 0. The zero-order chi connectivity index (χ0) is 33.9. The lowest BCUT2D eigenvalue weighted by Gasteiger charge is -2.40. The lowest BCUT2D eigenvalue weighted by Crippen LogP contribution is -2.56. The Morgan fingerprint density at radius 1 is 1.00 bits per heavy atom. The van der Waals surface area contributed by atoms with Crippen molar-refractivity contribution in [1.82, 2.24) is 10.2 Å². The average Bonchev–Trinajstić information content (AvgIpc) is 3.74. The summed E-state index contributed by atoms with van der Waals surface area (Å²) in [6, 6.07) is 16.4. The predicted molar refractivity (Wildman–Crippen MR) is 174 cm³/mol. The van der Waals surface area contributed by atoms with Gasteiger partial charge in [0.05, 0.1) is 39.9 Å². The molecule has 0 spiro atoms. The van der Waals surface area contributed by atoms with Crippen LogP contribution in [0, 0.1) is 0 Å². The van der Waals surface area contributed by atoms with Crippen LogP contribution in [0.25, 0.3) is 11.0 Å². The number of ether oxygens (including phenoxy) is 4. The number of nitrogens with zero attached hydrogens (tertiary/aromatic N) is 1. The van der Waals surface area contributed by atoms with Gasteiger partial charge in [0.15, 0.2) is 28.6 Å². The van der Waals surface area contributed by atoms with Crippen LogP contribution in [0.5, 0.6) is 23.0 Å². The number of furan rings is 1. The van der Waals surface area contributed by atoms with Crippen molar-refractivity contribution in [3.63, 3.8) is 0 Å². The van der Waals surface area contributed by atoms with Crippen molar-refractivity contribution in [2.45, 2.75) is 30.6 Å². The van der Waals surface area contributed by atoms with Crippen molar-refractivity contribution < 1.29 is 48.0 Å². The summed E-state index contributed by atoms with van der Waals surface area (Å²) in [7, 11) is 4.51. The summed E-state index contributed by atoms with van der Waals surface area (Å²) in [5, 5.41) is 24.8. The molecule has 4 atom stereocenters. The number of benzene rings is 3. The van der Waals surface area contributed by atoms with Gasteiger partial charge in [0.25, 0.3) is 5.91 Å². The number of carbonyl (C=O) groups excluding carboxylic acids is 3. The van der Waals surface area contributed by atoms with Gasteiger partial charge in [-0.1, -0.05) is 24.3 Å². The largest absolute Gasteiger partial charge is 0.497 e. The number of aliphatic hydroxyl groups excluding tert-OH is 2. The van der Waals surface area contributed by atoms with Crippen molar-refractivity contribution in [1.29, 1.82) is 0 Å². The molecular formula is C36H36N2O10. The molecule has 6 rings (SSSR count). The Morgan fingerprint density at radius 2 is 1.79 bits per heavy atom. The quantitative estimate of drug-likeness (QED) is 0.193. The zero-order valence-electron chi connectivity index (χ0n) is 26.7. The smallest absolute Gasteiger partial charge is 0.290 e. The average molecular weight is 657 g/mol. The van der Waals surface area contributed by atoms with Crippen molar-refractivity contribution in [3.05, 3.63) is 94.8 Å². The van der Waals surface area contributed by atoms with E-state index in [1.165, 1.54) is 25.2 Å². The first-order chi connectivity index (χ1) is 23.3. The molecule has 2 aliphatic rings. The van der Waals surface area contributed by atoms with Crippen LogP contribution in [0.15, 0.2) is 76.7 Å². The van der Waals surface area contributed by atoms with Crippen LogP contribution in [0.2, 0.25) is 0 Å². The standard InChI is InChI=1S/C36H36N2O10/c1-44-23-8-4-6-20(14-23)10-12-38(36(43)29-17-22-7-5-9-27(45-2)32(22)47-29)26-18-25(35(42)37-11-13-39)30-24-15-21(19-40)16-28(46-3)33(24)48-34(30)31(26)41/h4-9,14-19,26,30-31,34,39,41H,10-13H2,1-3H3,(H,37,42)/t26-,30+,31+,34+/m1/s1. The van der Waals surface area contributed by atoms with Crippen LogP contribution < -0.4 is 24.3 Å². The molecule has 3 aromatic carbocycles. The molecule has 0 saturated heterocycles. The Morgan fingerprint density at radius 3 is 2.52 bits per heavy atom. The van der Waals surface area contributed by atoms with Gasteiger partial charge in [0.2, 0.25) is 5.91 Å². The molecular weight excluding hydrogens is 620 g/mol. The lowest BCUT2D eigenvalue weighted by molar-refractivity contribution is -0.118. The Hall–Kier alpha value is -5.33.